The van der Waals surface area contributed by atoms with Gasteiger partial charge in [-0.05, 0) is 41.7 Å². The van der Waals surface area contributed by atoms with Gasteiger partial charge >= 0.3 is 0 Å². The van der Waals surface area contributed by atoms with Crippen LogP contribution in [0.1, 0.15) is 12.8 Å². The van der Waals surface area contributed by atoms with Crippen molar-refractivity contribution < 1.29 is 9.18 Å². The van der Waals surface area contributed by atoms with Crippen LogP contribution in [0.2, 0.25) is 0 Å². The smallest absolute Gasteiger partial charge is 0.156 e. The normalized spacial score (nSPS) is 15.8. The number of ketones is 1. The molecule has 1 aromatic rings. The van der Waals surface area contributed by atoms with E-state index in [4.69, 9.17) is 0 Å². The quantitative estimate of drug-likeness (QED) is 0.742. The first-order valence-electron chi connectivity index (χ1n) is 4.41. The third kappa shape index (κ3) is 2.23. The van der Waals surface area contributed by atoms with Crippen molar-refractivity contribution in [3.8, 4) is 0 Å². The van der Waals surface area contributed by atoms with Crippen molar-refractivity contribution in [3.63, 3.8) is 0 Å². The highest BCUT2D eigenvalue weighted by molar-refractivity contribution is 8.03. The van der Waals surface area contributed by atoms with Gasteiger partial charge in [-0.25, -0.2) is 4.39 Å². The van der Waals surface area contributed by atoms with Gasteiger partial charge in [0, 0.05) is 11.3 Å². The molecule has 1 aliphatic rings. The van der Waals surface area contributed by atoms with Crippen molar-refractivity contribution >= 4 is 17.5 Å². The molecule has 0 heterocycles. The maximum absolute atomic E-state index is 12.6. The fraction of sp³-hybridized carbons (Fsp3) is 0.182. The highest BCUT2D eigenvalue weighted by atomic mass is 32.2. The molecule has 0 aliphatic heterocycles. The first-order valence-corrected chi connectivity index (χ1v) is 5.22. The summed E-state index contributed by atoms with van der Waals surface area (Å²) in [5, 5.41) is 0. The van der Waals surface area contributed by atoms with Gasteiger partial charge in [-0.1, -0.05) is 11.8 Å². The predicted molar refractivity (Wildman–Crippen MR) is 54.6 cm³/mol. The van der Waals surface area contributed by atoms with Crippen LogP contribution in [0.3, 0.4) is 0 Å². The van der Waals surface area contributed by atoms with Gasteiger partial charge < -0.3 is 0 Å². The zero-order chi connectivity index (χ0) is 9.97. The topological polar surface area (TPSA) is 17.1 Å². The van der Waals surface area contributed by atoms with E-state index in [1.165, 1.54) is 23.9 Å². The van der Waals surface area contributed by atoms with E-state index < -0.39 is 0 Å². The van der Waals surface area contributed by atoms with Crippen molar-refractivity contribution in [1.29, 1.82) is 0 Å². The maximum Gasteiger partial charge on any atom is 0.156 e. The summed E-state index contributed by atoms with van der Waals surface area (Å²) in [6.07, 6.45) is 3.11. The average Bonchev–Trinajstić information content (AvgIpc) is 2.56. The summed E-state index contributed by atoms with van der Waals surface area (Å²) in [6.45, 7) is 0. The lowest BCUT2D eigenvalue weighted by atomic mass is 10.3. The van der Waals surface area contributed by atoms with Crippen molar-refractivity contribution in [2.45, 2.75) is 17.7 Å². The number of carbonyl (C=O) groups is 1. The van der Waals surface area contributed by atoms with Gasteiger partial charge in [0.1, 0.15) is 5.82 Å². The number of carbonyl (C=O) groups excluding carboxylic acids is 1. The highest BCUT2D eigenvalue weighted by Crippen LogP contribution is 2.32. The number of benzene rings is 1. The van der Waals surface area contributed by atoms with E-state index in [0.29, 0.717) is 6.42 Å². The molecule has 1 nitrogen and oxygen atoms in total. The molecule has 72 valence electrons. The van der Waals surface area contributed by atoms with Gasteiger partial charge in [0.2, 0.25) is 0 Å². The second kappa shape index (κ2) is 3.96. The number of hydrogen-bond donors (Lipinski definition) is 0. The SMILES string of the molecule is O=C1C=C(Sc2ccc(F)cc2)CC1. The van der Waals surface area contributed by atoms with Gasteiger partial charge in [0.15, 0.2) is 5.78 Å². The van der Waals surface area contributed by atoms with E-state index in [1.807, 2.05) is 0 Å². The Kier molecular flexibility index (Phi) is 2.68. The molecule has 0 bridgehead atoms. The van der Waals surface area contributed by atoms with E-state index in [2.05, 4.69) is 0 Å². The maximum atomic E-state index is 12.6. The van der Waals surface area contributed by atoms with Crippen LogP contribution < -0.4 is 0 Å². The largest absolute Gasteiger partial charge is 0.295 e. The molecule has 0 amide bonds. The van der Waals surface area contributed by atoms with Crippen molar-refractivity contribution in [2.75, 3.05) is 0 Å². The van der Waals surface area contributed by atoms with E-state index in [0.717, 1.165) is 16.2 Å². The van der Waals surface area contributed by atoms with Crippen LogP contribution in [-0.4, -0.2) is 5.78 Å². The minimum absolute atomic E-state index is 0.189. The summed E-state index contributed by atoms with van der Waals surface area (Å²) >= 11 is 1.54. The lowest BCUT2D eigenvalue weighted by Gasteiger charge is -2.00. The van der Waals surface area contributed by atoms with Crippen LogP contribution >= 0.6 is 11.8 Å². The Hall–Kier alpha value is -1.09. The van der Waals surface area contributed by atoms with Crippen LogP contribution in [0.4, 0.5) is 4.39 Å². The monoisotopic (exact) mass is 208 g/mol. The predicted octanol–water partition coefficient (Wildman–Crippen LogP) is 3.16. The first kappa shape index (κ1) is 9.46. The molecule has 0 spiro atoms. The zero-order valence-corrected chi connectivity index (χ0v) is 8.31. The second-order valence-electron chi connectivity index (χ2n) is 3.13. The zero-order valence-electron chi connectivity index (χ0n) is 7.50. The fourth-order valence-electron chi connectivity index (χ4n) is 1.30. The van der Waals surface area contributed by atoms with E-state index >= 15 is 0 Å². The number of allylic oxidation sites excluding steroid dienone is 2. The summed E-state index contributed by atoms with van der Waals surface area (Å²) < 4.78 is 12.6. The summed E-state index contributed by atoms with van der Waals surface area (Å²) in [7, 11) is 0. The lowest BCUT2D eigenvalue weighted by molar-refractivity contribution is -0.114. The molecule has 0 saturated carbocycles. The van der Waals surface area contributed by atoms with Crippen molar-refractivity contribution in [3.05, 3.63) is 41.1 Å². The van der Waals surface area contributed by atoms with E-state index in [1.54, 1.807) is 18.2 Å². The molecular formula is C11H9FOS. The van der Waals surface area contributed by atoms with Gasteiger partial charge in [-0.15, -0.1) is 0 Å². The first-order chi connectivity index (χ1) is 6.74. The summed E-state index contributed by atoms with van der Waals surface area (Å²) in [5.41, 5.74) is 0. The average molecular weight is 208 g/mol. The second-order valence-corrected chi connectivity index (χ2v) is 4.33. The van der Waals surface area contributed by atoms with Gasteiger partial charge in [-0.3, -0.25) is 4.79 Å². The minimum atomic E-state index is -0.231. The molecule has 0 N–H and O–H groups in total. The molecule has 3 heteroatoms. The highest BCUT2D eigenvalue weighted by Gasteiger charge is 2.12. The molecule has 0 unspecified atom stereocenters. The molecular weight excluding hydrogens is 199 g/mol. The Morgan fingerprint density at radius 2 is 1.86 bits per heavy atom. The molecule has 0 fully saturated rings. The molecule has 0 saturated heterocycles. The van der Waals surface area contributed by atoms with Crippen molar-refractivity contribution in [2.24, 2.45) is 0 Å². The molecule has 14 heavy (non-hydrogen) atoms. The van der Waals surface area contributed by atoms with E-state index in [-0.39, 0.29) is 11.6 Å². The number of hydrogen-bond acceptors (Lipinski definition) is 2. The third-order valence-electron chi connectivity index (χ3n) is 2.00. The van der Waals surface area contributed by atoms with E-state index in [9.17, 15) is 9.18 Å². The Morgan fingerprint density at radius 3 is 2.43 bits per heavy atom. The summed E-state index contributed by atoms with van der Waals surface area (Å²) in [6, 6.07) is 6.31. The molecule has 1 aromatic carbocycles. The molecule has 1 aliphatic carbocycles. The van der Waals surface area contributed by atoms with Crippen molar-refractivity contribution in [1.82, 2.24) is 0 Å². The van der Waals surface area contributed by atoms with Gasteiger partial charge in [0.25, 0.3) is 0 Å². The van der Waals surface area contributed by atoms with Gasteiger partial charge in [-0.2, -0.15) is 0 Å². The Labute approximate surface area is 86.0 Å². The number of thioether (sulfide) groups is 1. The lowest BCUT2D eigenvalue weighted by Crippen LogP contribution is -1.80. The third-order valence-corrected chi connectivity index (χ3v) is 3.09. The van der Waals surface area contributed by atoms with Crippen LogP contribution in [0.15, 0.2) is 40.1 Å². The minimum Gasteiger partial charge on any atom is -0.295 e. The standard InChI is InChI=1S/C11H9FOS/c12-8-1-4-10(5-2-8)14-11-6-3-9(13)7-11/h1-2,4-5,7H,3,6H2. The van der Waals surface area contributed by atoms with Crippen LogP contribution in [0, 0.1) is 5.82 Å². The molecule has 2 rings (SSSR count). The Bertz CT molecular complexity index is 381. The van der Waals surface area contributed by atoms with Crippen LogP contribution in [0.5, 0.6) is 0 Å². The molecule has 0 aromatic heterocycles. The fourth-order valence-corrected chi connectivity index (χ4v) is 2.27. The van der Waals surface area contributed by atoms with Gasteiger partial charge in [0.05, 0.1) is 0 Å². The number of rotatable bonds is 2. The molecule has 0 atom stereocenters. The summed E-state index contributed by atoms with van der Waals surface area (Å²) in [5.74, 6) is -0.0413. The number of halogens is 1. The molecule has 0 radical (unpaired) electrons. The summed E-state index contributed by atoms with van der Waals surface area (Å²) in [4.78, 5) is 13.0. The van der Waals surface area contributed by atoms with Crippen LogP contribution in [-0.2, 0) is 4.79 Å². The van der Waals surface area contributed by atoms with Crippen LogP contribution in [0.25, 0.3) is 0 Å². The Balaban J connectivity index is 2.08. The Morgan fingerprint density at radius 1 is 1.14 bits per heavy atom.